The fraction of sp³-hybridized carbons (Fsp3) is 0.176. The van der Waals surface area contributed by atoms with Gasteiger partial charge in [-0.05, 0) is 30.2 Å². The molecule has 0 spiro atoms. The molecular weight excluding hydrogens is 266 g/mol. The molecule has 2 aromatic rings. The van der Waals surface area contributed by atoms with E-state index in [2.05, 4.69) is 5.32 Å². The Morgan fingerprint density at radius 2 is 1.76 bits per heavy atom. The second-order valence-corrected chi connectivity index (χ2v) is 5.19. The van der Waals surface area contributed by atoms with E-state index in [9.17, 15) is 14.7 Å². The number of nitrogens with one attached hydrogen (secondary N) is 1. The summed E-state index contributed by atoms with van der Waals surface area (Å²) in [6, 6.07) is 12.6. The van der Waals surface area contributed by atoms with Gasteiger partial charge in [0, 0.05) is 23.2 Å². The van der Waals surface area contributed by atoms with Crippen molar-refractivity contribution in [3.05, 3.63) is 59.2 Å². The summed E-state index contributed by atoms with van der Waals surface area (Å²) in [7, 11) is 0. The minimum Gasteiger partial charge on any atom is -0.392 e. The summed E-state index contributed by atoms with van der Waals surface area (Å²) in [5.74, 6) is -0.340. The van der Waals surface area contributed by atoms with Gasteiger partial charge in [0.05, 0.1) is 6.10 Å². The topological polar surface area (TPSA) is 66.4 Å². The van der Waals surface area contributed by atoms with Crippen LogP contribution in [0.15, 0.2) is 42.5 Å². The Morgan fingerprint density at radius 3 is 2.48 bits per heavy atom. The van der Waals surface area contributed by atoms with Crippen molar-refractivity contribution < 1.29 is 14.7 Å². The molecule has 0 heterocycles. The maximum atomic E-state index is 12.4. The van der Waals surface area contributed by atoms with Crippen LogP contribution in [0.5, 0.6) is 0 Å². The van der Waals surface area contributed by atoms with Gasteiger partial charge in [-0.2, -0.15) is 0 Å². The lowest BCUT2D eigenvalue weighted by atomic mass is 10.0. The Balaban J connectivity index is 1.94. The zero-order valence-electron chi connectivity index (χ0n) is 11.6. The average Bonchev–Trinajstić information content (AvgIpc) is 2.78. The minimum absolute atomic E-state index is 0.0502. The van der Waals surface area contributed by atoms with Crippen molar-refractivity contribution in [2.45, 2.75) is 13.0 Å². The van der Waals surface area contributed by atoms with Gasteiger partial charge in [-0.3, -0.25) is 9.59 Å². The molecule has 2 N–H and O–H groups in total. The third-order valence-electron chi connectivity index (χ3n) is 3.55. The van der Waals surface area contributed by atoms with Crippen molar-refractivity contribution in [2.24, 2.45) is 0 Å². The van der Waals surface area contributed by atoms with E-state index in [0.29, 0.717) is 16.7 Å². The number of benzene rings is 2. The highest BCUT2D eigenvalue weighted by Crippen LogP contribution is 2.36. The summed E-state index contributed by atoms with van der Waals surface area (Å²) < 4.78 is 0. The average molecular weight is 281 g/mol. The first-order valence-corrected chi connectivity index (χ1v) is 6.82. The predicted octanol–water partition coefficient (Wildman–Crippen LogP) is 2.01. The quantitative estimate of drug-likeness (QED) is 0.771. The Bertz CT molecular complexity index is 735. The van der Waals surface area contributed by atoms with Crippen molar-refractivity contribution in [2.75, 3.05) is 6.54 Å². The molecule has 3 rings (SSSR count). The molecule has 1 aliphatic rings. The highest BCUT2D eigenvalue weighted by molar-refractivity contribution is 6.22. The van der Waals surface area contributed by atoms with E-state index in [1.165, 1.54) is 0 Å². The minimum atomic E-state index is -0.603. The van der Waals surface area contributed by atoms with Crippen LogP contribution in [-0.4, -0.2) is 29.4 Å². The highest BCUT2D eigenvalue weighted by atomic mass is 16.3. The summed E-state index contributed by atoms with van der Waals surface area (Å²) in [5, 5.41) is 11.8. The molecule has 0 aromatic heterocycles. The molecule has 0 aliphatic heterocycles. The molecule has 0 saturated carbocycles. The molecule has 0 bridgehead atoms. The summed E-state index contributed by atoms with van der Waals surface area (Å²) in [4.78, 5) is 24.4. The van der Waals surface area contributed by atoms with Crippen LogP contribution in [0.4, 0.5) is 0 Å². The van der Waals surface area contributed by atoms with Gasteiger partial charge in [0.2, 0.25) is 0 Å². The van der Waals surface area contributed by atoms with Gasteiger partial charge in [0.25, 0.3) is 5.91 Å². The number of aliphatic hydroxyl groups is 1. The number of ketones is 1. The van der Waals surface area contributed by atoms with Crippen LogP contribution in [0.3, 0.4) is 0 Å². The number of aliphatic hydroxyl groups excluding tert-OH is 1. The van der Waals surface area contributed by atoms with Crippen molar-refractivity contribution >= 4 is 11.7 Å². The number of carbonyl (C=O) groups excluding carboxylic acids is 2. The van der Waals surface area contributed by atoms with Gasteiger partial charge in [-0.25, -0.2) is 0 Å². The van der Waals surface area contributed by atoms with Gasteiger partial charge in [0.1, 0.15) is 0 Å². The largest absolute Gasteiger partial charge is 0.392 e. The van der Waals surface area contributed by atoms with Crippen LogP contribution >= 0.6 is 0 Å². The lowest BCUT2D eigenvalue weighted by molar-refractivity contribution is 0.0924. The van der Waals surface area contributed by atoms with E-state index in [1.54, 1.807) is 31.2 Å². The lowest BCUT2D eigenvalue weighted by Gasteiger charge is -2.08. The second-order valence-electron chi connectivity index (χ2n) is 5.19. The van der Waals surface area contributed by atoms with Gasteiger partial charge in [-0.1, -0.05) is 30.3 Å². The van der Waals surface area contributed by atoms with Gasteiger partial charge >= 0.3 is 0 Å². The van der Waals surface area contributed by atoms with Crippen molar-refractivity contribution in [3.63, 3.8) is 0 Å². The van der Waals surface area contributed by atoms with Crippen LogP contribution in [0.1, 0.15) is 33.2 Å². The normalized spacial score (nSPS) is 13.5. The molecule has 0 unspecified atom stereocenters. The summed E-state index contributed by atoms with van der Waals surface area (Å²) >= 11 is 0. The molecule has 0 radical (unpaired) electrons. The van der Waals surface area contributed by atoms with E-state index in [4.69, 9.17) is 0 Å². The lowest BCUT2D eigenvalue weighted by Crippen LogP contribution is -2.30. The molecule has 21 heavy (non-hydrogen) atoms. The summed E-state index contributed by atoms with van der Waals surface area (Å²) in [6.45, 7) is 1.78. The molecule has 1 amide bonds. The number of fused-ring (bicyclic) bond motifs is 3. The molecule has 1 aliphatic carbocycles. The number of amides is 1. The van der Waals surface area contributed by atoms with E-state index in [1.807, 2.05) is 18.2 Å². The molecule has 106 valence electrons. The van der Waals surface area contributed by atoms with Gasteiger partial charge in [-0.15, -0.1) is 0 Å². The summed E-state index contributed by atoms with van der Waals surface area (Å²) in [5.41, 5.74) is 3.43. The Labute approximate surface area is 122 Å². The molecular formula is C17H15NO3. The third-order valence-corrected chi connectivity index (χ3v) is 3.55. The van der Waals surface area contributed by atoms with E-state index in [-0.39, 0.29) is 18.2 Å². The van der Waals surface area contributed by atoms with E-state index in [0.717, 1.165) is 11.1 Å². The Kier molecular flexibility index (Phi) is 3.31. The van der Waals surface area contributed by atoms with E-state index < -0.39 is 6.10 Å². The van der Waals surface area contributed by atoms with Crippen LogP contribution in [-0.2, 0) is 0 Å². The fourth-order valence-electron chi connectivity index (χ4n) is 2.51. The Hall–Kier alpha value is -2.46. The number of rotatable bonds is 3. The maximum absolute atomic E-state index is 12.4. The van der Waals surface area contributed by atoms with Crippen LogP contribution in [0, 0.1) is 0 Å². The first-order valence-electron chi connectivity index (χ1n) is 6.82. The molecule has 4 nitrogen and oxygen atoms in total. The monoisotopic (exact) mass is 281 g/mol. The summed E-state index contributed by atoms with van der Waals surface area (Å²) in [6.07, 6.45) is -0.603. The number of hydrogen-bond donors (Lipinski definition) is 2. The zero-order chi connectivity index (χ0) is 15.0. The van der Waals surface area contributed by atoms with Crippen molar-refractivity contribution in [1.29, 1.82) is 0 Å². The zero-order valence-corrected chi connectivity index (χ0v) is 11.6. The van der Waals surface area contributed by atoms with Crippen molar-refractivity contribution in [3.8, 4) is 11.1 Å². The smallest absolute Gasteiger partial charge is 0.251 e. The first-order chi connectivity index (χ1) is 10.1. The SMILES string of the molecule is C[C@H](O)CNC(=O)c1ccc2c(c1)C(=O)c1ccccc1-2. The molecule has 1 atom stereocenters. The first kappa shape index (κ1) is 13.5. The van der Waals surface area contributed by atoms with Crippen molar-refractivity contribution in [1.82, 2.24) is 5.32 Å². The number of hydrogen-bond acceptors (Lipinski definition) is 3. The van der Waals surface area contributed by atoms with Gasteiger partial charge in [0.15, 0.2) is 5.78 Å². The van der Waals surface area contributed by atoms with Crippen LogP contribution in [0.25, 0.3) is 11.1 Å². The fourth-order valence-corrected chi connectivity index (χ4v) is 2.51. The highest BCUT2D eigenvalue weighted by Gasteiger charge is 2.26. The van der Waals surface area contributed by atoms with Crippen LogP contribution < -0.4 is 5.32 Å². The molecule has 0 saturated heterocycles. The van der Waals surface area contributed by atoms with E-state index >= 15 is 0 Å². The maximum Gasteiger partial charge on any atom is 0.251 e. The van der Waals surface area contributed by atoms with Crippen LogP contribution in [0.2, 0.25) is 0 Å². The molecule has 0 fully saturated rings. The molecule has 2 aromatic carbocycles. The Morgan fingerprint density at radius 1 is 1.10 bits per heavy atom. The number of carbonyl (C=O) groups is 2. The molecule has 4 heteroatoms. The standard InChI is InChI=1S/C17H15NO3/c1-10(19)9-18-17(21)11-6-7-13-12-4-2-3-5-14(12)16(20)15(13)8-11/h2-8,10,19H,9H2,1H3,(H,18,21)/t10-/m0/s1. The second kappa shape index (κ2) is 5.14. The third kappa shape index (κ3) is 2.34. The van der Waals surface area contributed by atoms with Gasteiger partial charge < -0.3 is 10.4 Å². The predicted molar refractivity (Wildman–Crippen MR) is 79.3 cm³/mol.